The van der Waals surface area contributed by atoms with Crippen LogP contribution in [0, 0.1) is 0 Å². The van der Waals surface area contributed by atoms with Crippen LogP contribution in [-0.4, -0.2) is 27.6 Å². The quantitative estimate of drug-likeness (QED) is 0.136. The van der Waals surface area contributed by atoms with Crippen molar-refractivity contribution in [3.63, 3.8) is 0 Å². The van der Waals surface area contributed by atoms with Gasteiger partial charge in [0, 0.05) is 34.5 Å². The van der Waals surface area contributed by atoms with Gasteiger partial charge in [-0.05, 0) is 65.2 Å². The second-order valence-corrected chi connectivity index (χ2v) is 11.8. The number of benzene rings is 5. The van der Waals surface area contributed by atoms with Crippen molar-refractivity contribution in [2.45, 2.75) is 25.6 Å². The Balaban J connectivity index is 1.19. The fourth-order valence-corrected chi connectivity index (χ4v) is 5.63. The Morgan fingerprint density at radius 3 is 2.22 bits per heavy atom. The van der Waals surface area contributed by atoms with E-state index in [0.29, 0.717) is 24.7 Å². The number of nitrogens with one attached hydrogen (secondary N) is 1. The standard InChI is InChI=1S/C38H31BrN2O5/c39-29-17-20-32-28(21-34(38(43)44)40-37(42)33-13-7-8-14-36(33)46-31-11-5-2-6-12-31)24-41(35(32)22-29)23-26-15-18-30(19-16-26)45-25-27-9-3-1-4-10-27/h1-20,22,24,34H,21,23,25H2,(H,40,42)(H,43,44)/t34-/m0/s1. The number of halogens is 1. The number of carbonyl (C=O) groups is 2. The summed E-state index contributed by atoms with van der Waals surface area (Å²) >= 11 is 3.58. The average Bonchev–Trinajstić information content (AvgIpc) is 3.40. The van der Waals surface area contributed by atoms with Crippen molar-refractivity contribution in [1.29, 1.82) is 0 Å². The van der Waals surface area contributed by atoms with Gasteiger partial charge in [-0.15, -0.1) is 0 Å². The molecule has 46 heavy (non-hydrogen) atoms. The molecule has 7 nitrogen and oxygen atoms in total. The zero-order valence-corrected chi connectivity index (χ0v) is 26.4. The predicted octanol–water partition coefficient (Wildman–Crippen LogP) is 8.25. The summed E-state index contributed by atoms with van der Waals surface area (Å²) in [5, 5.41) is 13.8. The third-order valence-electron chi connectivity index (χ3n) is 7.58. The van der Waals surface area contributed by atoms with E-state index in [1.165, 1.54) is 0 Å². The van der Waals surface area contributed by atoms with Gasteiger partial charge in [-0.3, -0.25) is 4.79 Å². The number of rotatable bonds is 12. The molecule has 0 radical (unpaired) electrons. The number of carboxylic acid groups (broad SMARTS) is 1. The lowest BCUT2D eigenvalue weighted by molar-refractivity contribution is -0.139. The van der Waals surface area contributed by atoms with E-state index in [1.807, 2.05) is 97.2 Å². The Morgan fingerprint density at radius 1 is 0.783 bits per heavy atom. The van der Waals surface area contributed by atoms with Crippen LogP contribution < -0.4 is 14.8 Å². The Kier molecular flexibility index (Phi) is 9.45. The number of carbonyl (C=O) groups excluding carboxylic acids is 1. The fraction of sp³-hybridized carbons (Fsp3) is 0.105. The van der Waals surface area contributed by atoms with Crippen LogP contribution in [0.25, 0.3) is 10.9 Å². The van der Waals surface area contributed by atoms with E-state index >= 15 is 0 Å². The maximum Gasteiger partial charge on any atom is 0.326 e. The highest BCUT2D eigenvalue weighted by atomic mass is 79.9. The van der Waals surface area contributed by atoms with Gasteiger partial charge in [0.2, 0.25) is 0 Å². The maximum absolute atomic E-state index is 13.4. The average molecular weight is 676 g/mol. The number of nitrogens with zero attached hydrogens (tertiary/aromatic N) is 1. The Labute approximate surface area is 275 Å². The molecular weight excluding hydrogens is 644 g/mol. The maximum atomic E-state index is 13.4. The Bertz CT molecular complexity index is 1960. The first-order chi connectivity index (χ1) is 22.4. The molecule has 1 heterocycles. The van der Waals surface area contributed by atoms with E-state index in [-0.39, 0.29) is 12.0 Å². The molecule has 8 heteroatoms. The molecule has 0 aliphatic heterocycles. The molecule has 6 aromatic rings. The van der Waals surface area contributed by atoms with Gasteiger partial charge in [-0.1, -0.05) is 94.8 Å². The minimum Gasteiger partial charge on any atom is -0.489 e. The zero-order valence-electron chi connectivity index (χ0n) is 24.8. The third kappa shape index (κ3) is 7.47. The molecule has 5 aromatic carbocycles. The third-order valence-corrected chi connectivity index (χ3v) is 8.07. The van der Waals surface area contributed by atoms with Crippen molar-refractivity contribution in [1.82, 2.24) is 9.88 Å². The first kappa shape index (κ1) is 30.7. The molecule has 1 amide bonds. The lowest BCUT2D eigenvalue weighted by Crippen LogP contribution is -2.42. The number of hydrogen-bond acceptors (Lipinski definition) is 4. The predicted molar refractivity (Wildman–Crippen MR) is 182 cm³/mol. The number of hydrogen-bond donors (Lipinski definition) is 2. The van der Waals surface area contributed by atoms with Crippen molar-refractivity contribution in [2.75, 3.05) is 0 Å². The second-order valence-electron chi connectivity index (χ2n) is 10.8. The summed E-state index contributed by atoms with van der Waals surface area (Å²) in [6, 6.07) is 38.6. The highest BCUT2D eigenvalue weighted by Gasteiger charge is 2.25. The Morgan fingerprint density at radius 2 is 1.48 bits per heavy atom. The largest absolute Gasteiger partial charge is 0.489 e. The van der Waals surface area contributed by atoms with Gasteiger partial charge in [0.15, 0.2) is 0 Å². The number of aromatic nitrogens is 1. The monoisotopic (exact) mass is 674 g/mol. The molecule has 0 aliphatic rings. The molecule has 1 aromatic heterocycles. The normalized spacial score (nSPS) is 11.6. The molecule has 0 spiro atoms. The van der Waals surface area contributed by atoms with Crippen LogP contribution in [0.1, 0.15) is 27.0 Å². The first-order valence-electron chi connectivity index (χ1n) is 14.8. The molecule has 0 saturated heterocycles. The van der Waals surface area contributed by atoms with Crippen molar-refractivity contribution >= 4 is 38.7 Å². The van der Waals surface area contributed by atoms with Gasteiger partial charge in [0.25, 0.3) is 5.91 Å². The van der Waals surface area contributed by atoms with Crippen molar-refractivity contribution < 1.29 is 24.2 Å². The summed E-state index contributed by atoms with van der Waals surface area (Å²) in [6.07, 6.45) is 2.06. The van der Waals surface area contributed by atoms with Crippen LogP contribution in [0.2, 0.25) is 0 Å². The molecule has 0 saturated carbocycles. The molecular formula is C38H31BrN2O5. The van der Waals surface area contributed by atoms with Crippen molar-refractivity contribution in [2.24, 2.45) is 0 Å². The summed E-state index contributed by atoms with van der Waals surface area (Å²) in [6.45, 7) is 1.06. The van der Waals surface area contributed by atoms with Crippen LogP contribution in [-0.2, 0) is 24.4 Å². The van der Waals surface area contributed by atoms with E-state index in [0.717, 1.165) is 37.8 Å². The van der Waals surface area contributed by atoms with E-state index < -0.39 is 17.9 Å². The Hall–Kier alpha value is -5.34. The highest BCUT2D eigenvalue weighted by molar-refractivity contribution is 9.10. The van der Waals surface area contributed by atoms with Crippen LogP contribution in [0.4, 0.5) is 0 Å². The number of para-hydroxylation sites is 2. The van der Waals surface area contributed by atoms with Gasteiger partial charge < -0.3 is 24.5 Å². The smallest absolute Gasteiger partial charge is 0.326 e. The number of ether oxygens (including phenoxy) is 2. The van der Waals surface area contributed by atoms with Gasteiger partial charge in [-0.2, -0.15) is 0 Å². The number of fused-ring (bicyclic) bond motifs is 1. The first-order valence-corrected chi connectivity index (χ1v) is 15.6. The molecule has 0 aliphatic carbocycles. The van der Waals surface area contributed by atoms with Gasteiger partial charge in [0.05, 0.1) is 5.56 Å². The minimum atomic E-state index is -1.17. The van der Waals surface area contributed by atoms with E-state index in [1.54, 1.807) is 36.4 Å². The van der Waals surface area contributed by atoms with E-state index in [9.17, 15) is 14.7 Å². The SMILES string of the molecule is O=C(N[C@@H](Cc1cn(Cc2ccc(OCc3ccccc3)cc2)c2cc(Br)ccc12)C(=O)O)c1ccccc1Oc1ccccc1. The van der Waals surface area contributed by atoms with Crippen LogP contribution in [0.15, 0.2) is 138 Å². The summed E-state index contributed by atoms with van der Waals surface area (Å²) in [7, 11) is 0. The lowest BCUT2D eigenvalue weighted by atomic mass is 10.0. The molecule has 0 unspecified atom stereocenters. The fourth-order valence-electron chi connectivity index (χ4n) is 5.28. The number of carboxylic acids is 1. The molecule has 230 valence electrons. The number of amides is 1. The van der Waals surface area contributed by atoms with Gasteiger partial charge in [-0.25, -0.2) is 4.79 Å². The molecule has 6 rings (SSSR count). The van der Waals surface area contributed by atoms with Crippen molar-refractivity contribution in [3.05, 3.63) is 160 Å². The van der Waals surface area contributed by atoms with Crippen LogP contribution in [0.3, 0.4) is 0 Å². The van der Waals surface area contributed by atoms with Crippen LogP contribution in [0.5, 0.6) is 17.2 Å². The molecule has 2 N–H and O–H groups in total. The summed E-state index contributed by atoms with van der Waals surface area (Å²) in [5.41, 5.74) is 4.18. The second kappa shape index (κ2) is 14.2. The molecule has 1 atom stereocenters. The summed E-state index contributed by atoms with van der Waals surface area (Å²) < 4.78 is 14.9. The van der Waals surface area contributed by atoms with Gasteiger partial charge >= 0.3 is 5.97 Å². The van der Waals surface area contributed by atoms with E-state index in [2.05, 4.69) is 25.8 Å². The zero-order chi connectivity index (χ0) is 31.9. The highest BCUT2D eigenvalue weighted by Crippen LogP contribution is 2.29. The lowest BCUT2D eigenvalue weighted by Gasteiger charge is -2.16. The minimum absolute atomic E-state index is 0.0974. The summed E-state index contributed by atoms with van der Waals surface area (Å²) in [5.74, 6) is 0.0437. The van der Waals surface area contributed by atoms with E-state index in [4.69, 9.17) is 9.47 Å². The number of aliphatic carboxylic acids is 1. The van der Waals surface area contributed by atoms with Gasteiger partial charge in [0.1, 0.15) is 29.9 Å². The molecule has 0 fully saturated rings. The molecule has 0 bridgehead atoms. The summed E-state index contributed by atoms with van der Waals surface area (Å²) in [4.78, 5) is 25.8. The van der Waals surface area contributed by atoms with Crippen LogP contribution >= 0.6 is 15.9 Å². The topological polar surface area (TPSA) is 89.8 Å². The van der Waals surface area contributed by atoms with Crippen molar-refractivity contribution in [3.8, 4) is 17.2 Å².